The van der Waals surface area contributed by atoms with Crippen molar-refractivity contribution in [3.8, 4) is 0 Å². The summed E-state index contributed by atoms with van der Waals surface area (Å²) < 4.78 is 52.7. The molecule has 0 amide bonds. The van der Waals surface area contributed by atoms with Crippen LogP contribution >= 0.6 is 11.6 Å². The molecule has 3 aromatic heterocycles. The quantitative estimate of drug-likeness (QED) is 0.271. The van der Waals surface area contributed by atoms with Gasteiger partial charge in [-0.3, -0.25) is 13.9 Å². The summed E-state index contributed by atoms with van der Waals surface area (Å²) in [6.45, 7) is -0.107. The molecule has 4 rings (SSSR count). The molecular formula is C20H19ClF4N8O2. The van der Waals surface area contributed by atoms with Gasteiger partial charge < -0.3 is 4.98 Å². The number of tetrazole rings is 1. The summed E-state index contributed by atoms with van der Waals surface area (Å²) in [7, 11) is 0. The highest BCUT2D eigenvalue weighted by molar-refractivity contribution is 6.28. The summed E-state index contributed by atoms with van der Waals surface area (Å²) in [6.07, 6.45) is -5.21. The first-order chi connectivity index (χ1) is 16.6. The molecule has 4 aromatic rings. The van der Waals surface area contributed by atoms with Crippen LogP contribution in [0.4, 0.5) is 17.6 Å². The van der Waals surface area contributed by atoms with Crippen LogP contribution < -0.4 is 11.2 Å². The van der Waals surface area contributed by atoms with Gasteiger partial charge in [-0.25, -0.2) is 9.18 Å². The number of imidazole rings is 1. The van der Waals surface area contributed by atoms with E-state index >= 15 is 0 Å². The van der Waals surface area contributed by atoms with Crippen molar-refractivity contribution in [1.29, 1.82) is 0 Å². The van der Waals surface area contributed by atoms with Gasteiger partial charge in [0.1, 0.15) is 5.82 Å². The second kappa shape index (κ2) is 9.98. The number of fused-ring (bicyclic) bond motifs is 1. The number of benzene rings is 1. The van der Waals surface area contributed by atoms with Crippen molar-refractivity contribution >= 4 is 22.8 Å². The van der Waals surface area contributed by atoms with Gasteiger partial charge in [0.05, 0.1) is 6.54 Å². The molecule has 0 bridgehead atoms. The Morgan fingerprint density at radius 3 is 2.43 bits per heavy atom. The zero-order valence-electron chi connectivity index (χ0n) is 18.1. The van der Waals surface area contributed by atoms with E-state index in [2.05, 4.69) is 25.4 Å². The molecule has 0 fully saturated rings. The fraction of sp³-hybridized carbons (Fsp3) is 0.400. The molecular weight excluding hydrogens is 496 g/mol. The minimum Gasteiger partial charge on any atom is -0.323 e. The Balaban J connectivity index is 1.47. The summed E-state index contributed by atoms with van der Waals surface area (Å²) in [5, 5.41) is 11.9. The monoisotopic (exact) mass is 514 g/mol. The van der Waals surface area contributed by atoms with Crippen LogP contribution in [-0.4, -0.2) is 45.5 Å². The number of rotatable bonds is 9. The van der Waals surface area contributed by atoms with Crippen LogP contribution in [0.25, 0.3) is 11.2 Å². The van der Waals surface area contributed by atoms with Gasteiger partial charge in [-0.15, -0.1) is 10.2 Å². The van der Waals surface area contributed by atoms with Gasteiger partial charge in [-0.1, -0.05) is 12.1 Å². The van der Waals surface area contributed by atoms with E-state index in [1.807, 2.05) is 0 Å². The molecule has 10 nitrogen and oxygen atoms in total. The molecule has 15 heteroatoms. The minimum atomic E-state index is -4.37. The molecule has 35 heavy (non-hydrogen) atoms. The molecule has 0 spiro atoms. The van der Waals surface area contributed by atoms with E-state index in [-0.39, 0.29) is 54.7 Å². The van der Waals surface area contributed by atoms with Gasteiger partial charge in [0, 0.05) is 25.9 Å². The molecule has 0 unspecified atom stereocenters. The second-order valence-electron chi connectivity index (χ2n) is 7.79. The third-order valence-corrected chi connectivity index (χ3v) is 5.36. The van der Waals surface area contributed by atoms with Gasteiger partial charge in [0.15, 0.2) is 17.0 Å². The number of halogens is 5. The maximum absolute atomic E-state index is 13.0. The van der Waals surface area contributed by atoms with Gasteiger partial charge in [-0.05, 0) is 47.4 Å². The topological polar surface area (TPSA) is 116 Å². The van der Waals surface area contributed by atoms with Gasteiger partial charge in [-0.2, -0.15) is 23.0 Å². The summed E-state index contributed by atoms with van der Waals surface area (Å²) in [5.74, 6) is 0.0601. The average Bonchev–Trinajstić information content (AvgIpc) is 3.40. The Hall–Kier alpha value is -3.55. The lowest BCUT2D eigenvalue weighted by atomic mass is 10.1. The maximum atomic E-state index is 13.0. The first-order valence-electron chi connectivity index (χ1n) is 10.6. The third-order valence-electron chi connectivity index (χ3n) is 5.18. The normalized spacial score (nSPS) is 12.0. The fourth-order valence-corrected chi connectivity index (χ4v) is 3.75. The number of aromatic amines is 1. The van der Waals surface area contributed by atoms with Crippen LogP contribution in [0.3, 0.4) is 0 Å². The standard InChI is InChI=1S/C20H19ClF4N8O2/c21-18-26-15-16(27-18)31(8-1-7-20(23,24)25)19(35)32(17(15)34)9-2-10-33-29-14(28-30-33)11-12-3-5-13(22)6-4-12/h3-6H,1-2,7-11H2,(H,26,27). The molecule has 1 N–H and O–H groups in total. The number of hydrogen-bond donors (Lipinski definition) is 1. The molecule has 0 atom stereocenters. The molecule has 0 aliphatic carbocycles. The lowest BCUT2D eigenvalue weighted by Crippen LogP contribution is -2.40. The zero-order valence-corrected chi connectivity index (χ0v) is 18.9. The summed E-state index contributed by atoms with van der Waals surface area (Å²) in [6, 6.07) is 5.88. The van der Waals surface area contributed by atoms with Crippen LogP contribution in [0.1, 0.15) is 30.7 Å². The number of nitrogens with one attached hydrogen (secondary N) is 1. The van der Waals surface area contributed by atoms with Crippen molar-refractivity contribution in [2.75, 3.05) is 0 Å². The lowest BCUT2D eigenvalue weighted by Gasteiger charge is -2.12. The van der Waals surface area contributed by atoms with E-state index in [1.165, 1.54) is 16.9 Å². The number of nitrogens with zero attached hydrogens (tertiary/aromatic N) is 7. The van der Waals surface area contributed by atoms with Gasteiger partial charge in [0.2, 0.25) is 5.28 Å². The summed E-state index contributed by atoms with van der Waals surface area (Å²) >= 11 is 5.84. The number of aryl methyl sites for hydroxylation is 2. The zero-order chi connectivity index (χ0) is 25.2. The summed E-state index contributed by atoms with van der Waals surface area (Å²) in [4.78, 5) is 33.4. The molecule has 186 valence electrons. The van der Waals surface area contributed by atoms with E-state index in [0.717, 1.165) is 14.7 Å². The molecule has 3 heterocycles. The van der Waals surface area contributed by atoms with E-state index in [0.29, 0.717) is 12.2 Å². The average molecular weight is 515 g/mol. The van der Waals surface area contributed by atoms with Crippen molar-refractivity contribution in [2.45, 2.75) is 51.5 Å². The lowest BCUT2D eigenvalue weighted by molar-refractivity contribution is -0.135. The maximum Gasteiger partial charge on any atom is 0.389 e. The fourth-order valence-electron chi connectivity index (χ4n) is 3.57. The molecule has 0 saturated heterocycles. The predicted molar refractivity (Wildman–Crippen MR) is 117 cm³/mol. The Morgan fingerprint density at radius 2 is 1.71 bits per heavy atom. The highest BCUT2D eigenvalue weighted by atomic mass is 35.5. The summed E-state index contributed by atoms with van der Waals surface area (Å²) in [5.41, 5.74) is -0.819. The smallest absolute Gasteiger partial charge is 0.323 e. The van der Waals surface area contributed by atoms with E-state index in [9.17, 15) is 27.2 Å². The van der Waals surface area contributed by atoms with Crippen molar-refractivity contribution in [2.24, 2.45) is 0 Å². The van der Waals surface area contributed by atoms with Gasteiger partial charge in [0.25, 0.3) is 5.56 Å². The van der Waals surface area contributed by atoms with Crippen LogP contribution in [0, 0.1) is 5.82 Å². The van der Waals surface area contributed by atoms with Crippen molar-refractivity contribution in [3.63, 3.8) is 0 Å². The first kappa shape index (κ1) is 24.6. The Kier molecular flexibility index (Phi) is 7.00. The van der Waals surface area contributed by atoms with E-state index in [4.69, 9.17) is 11.6 Å². The van der Waals surface area contributed by atoms with Crippen molar-refractivity contribution < 1.29 is 17.6 Å². The highest BCUT2D eigenvalue weighted by Gasteiger charge is 2.27. The largest absolute Gasteiger partial charge is 0.389 e. The number of aromatic nitrogens is 8. The van der Waals surface area contributed by atoms with Crippen LogP contribution in [0.5, 0.6) is 0 Å². The first-order valence-corrected chi connectivity index (χ1v) is 11.0. The van der Waals surface area contributed by atoms with E-state index < -0.39 is 23.8 Å². The Labute approximate surface area is 199 Å². The predicted octanol–water partition coefficient (Wildman–Crippen LogP) is 2.69. The highest BCUT2D eigenvalue weighted by Crippen LogP contribution is 2.22. The SMILES string of the molecule is O=c1c2[nH]c(Cl)nc2n(CCCC(F)(F)F)c(=O)n1CCCn1nnc(Cc2ccc(F)cc2)n1. The Morgan fingerprint density at radius 1 is 1.00 bits per heavy atom. The number of hydrogen-bond acceptors (Lipinski definition) is 6. The van der Waals surface area contributed by atoms with E-state index in [1.54, 1.807) is 12.1 Å². The molecule has 0 aliphatic rings. The molecule has 0 aliphatic heterocycles. The van der Waals surface area contributed by atoms with Gasteiger partial charge >= 0.3 is 11.9 Å². The molecule has 0 saturated carbocycles. The third kappa shape index (κ3) is 5.93. The molecule has 0 radical (unpaired) electrons. The van der Waals surface area contributed by atoms with Crippen molar-refractivity contribution in [3.05, 3.63) is 67.6 Å². The molecule has 1 aromatic carbocycles. The van der Waals surface area contributed by atoms with Crippen LogP contribution in [-0.2, 0) is 26.1 Å². The number of H-pyrrole nitrogens is 1. The van der Waals surface area contributed by atoms with Crippen LogP contribution in [0.2, 0.25) is 5.28 Å². The van der Waals surface area contributed by atoms with Crippen molar-refractivity contribution in [1.82, 2.24) is 39.3 Å². The Bertz CT molecular complexity index is 1440. The van der Waals surface area contributed by atoms with Crippen LogP contribution in [0.15, 0.2) is 33.9 Å². The minimum absolute atomic E-state index is 0.0433. The second-order valence-corrected chi connectivity index (χ2v) is 8.15. The number of alkyl halides is 3.